The second kappa shape index (κ2) is 13.0. The van der Waals surface area contributed by atoms with Gasteiger partial charge in [-0.05, 0) is 50.9 Å². The monoisotopic (exact) mass is 487 g/mol. The van der Waals surface area contributed by atoms with Crippen LogP contribution in [0.1, 0.15) is 44.2 Å². The quantitative estimate of drug-likeness (QED) is 0.654. The van der Waals surface area contributed by atoms with E-state index in [2.05, 4.69) is 20.3 Å². The Labute approximate surface area is 199 Å². The first-order valence-corrected chi connectivity index (χ1v) is 11.0. The Morgan fingerprint density at radius 1 is 1.06 bits per heavy atom. The van der Waals surface area contributed by atoms with Crippen LogP contribution in [0.15, 0.2) is 30.7 Å². The summed E-state index contributed by atoms with van der Waals surface area (Å²) in [6.07, 6.45) is 9.06. The summed E-state index contributed by atoms with van der Waals surface area (Å²) in [6.45, 7) is 5.22. The number of carbonyl (C=O) groups is 1. The highest BCUT2D eigenvalue weighted by Gasteiger charge is 2.27. The van der Waals surface area contributed by atoms with Crippen molar-refractivity contribution in [1.29, 1.82) is 0 Å². The van der Waals surface area contributed by atoms with Gasteiger partial charge in [-0.3, -0.25) is 9.78 Å². The number of halogens is 3. The number of hydrogen-bond acceptors (Lipinski definition) is 6. The lowest BCUT2D eigenvalue weighted by molar-refractivity contribution is -0.129. The standard InChI is InChI=1S/C16H24N4O2.C5H3Cl2N.ClH/c1-12(21)20-10-4-13(5-11-20)15-16(19-9-8-18-15)22-14-2-6-17-7-3-14;6-4-1-2-5(7)8-3-4;/h8-9,13-14,17H,2-7,10-11H2,1H3;1-3H;1H. The molecule has 1 N–H and O–H groups in total. The van der Waals surface area contributed by atoms with Gasteiger partial charge in [-0.25, -0.2) is 9.97 Å². The van der Waals surface area contributed by atoms with Crippen LogP contribution < -0.4 is 10.1 Å². The van der Waals surface area contributed by atoms with Gasteiger partial charge in [0.15, 0.2) is 0 Å². The number of nitrogens with one attached hydrogen (secondary N) is 1. The Morgan fingerprint density at radius 3 is 2.32 bits per heavy atom. The Morgan fingerprint density at radius 2 is 1.74 bits per heavy atom. The van der Waals surface area contributed by atoms with Crippen LogP contribution in [0.4, 0.5) is 0 Å². The maximum atomic E-state index is 11.4. The van der Waals surface area contributed by atoms with E-state index in [0.717, 1.165) is 57.6 Å². The fraction of sp³-hybridized carbons (Fsp3) is 0.524. The van der Waals surface area contributed by atoms with Crippen LogP contribution in [0.5, 0.6) is 5.88 Å². The van der Waals surface area contributed by atoms with E-state index >= 15 is 0 Å². The molecule has 1 amide bonds. The summed E-state index contributed by atoms with van der Waals surface area (Å²) in [5.74, 6) is 1.18. The lowest BCUT2D eigenvalue weighted by atomic mass is 9.93. The Bertz CT molecular complexity index is 790. The van der Waals surface area contributed by atoms with Crippen LogP contribution in [0.3, 0.4) is 0 Å². The molecule has 0 spiro atoms. The van der Waals surface area contributed by atoms with E-state index in [4.69, 9.17) is 27.9 Å². The molecule has 2 fully saturated rings. The second-order valence-electron chi connectivity index (χ2n) is 7.39. The van der Waals surface area contributed by atoms with Gasteiger partial charge in [0.05, 0.1) is 5.02 Å². The van der Waals surface area contributed by atoms with Gasteiger partial charge in [0.1, 0.15) is 17.0 Å². The smallest absolute Gasteiger partial charge is 0.236 e. The molecule has 0 radical (unpaired) electrons. The number of pyridine rings is 1. The zero-order valence-electron chi connectivity index (χ0n) is 17.5. The van der Waals surface area contributed by atoms with E-state index in [9.17, 15) is 4.79 Å². The van der Waals surface area contributed by atoms with Crippen LogP contribution in [-0.4, -0.2) is 58.0 Å². The van der Waals surface area contributed by atoms with Crippen molar-refractivity contribution in [2.75, 3.05) is 26.2 Å². The molecule has 0 unspecified atom stereocenters. The maximum absolute atomic E-state index is 11.4. The third-order valence-electron chi connectivity index (χ3n) is 5.27. The van der Waals surface area contributed by atoms with Crippen LogP contribution in [0.25, 0.3) is 0 Å². The van der Waals surface area contributed by atoms with Gasteiger partial charge in [-0.1, -0.05) is 23.2 Å². The minimum absolute atomic E-state index is 0. The molecular weight excluding hydrogens is 461 g/mol. The Hall–Kier alpha value is -1.67. The molecule has 2 aliphatic heterocycles. The molecule has 0 aromatic carbocycles. The van der Waals surface area contributed by atoms with Crippen molar-refractivity contribution in [1.82, 2.24) is 25.2 Å². The lowest BCUT2D eigenvalue weighted by Crippen LogP contribution is -2.37. The van der Waals surface area contributed by atoms with E-state index in [0.29, 0.717) is 22.0 Å². The van der Waals surface area contributed by atoms with Gasteiger partial charge in [-0.2, -0.15) is 0 Å². The van der Waals surface area contributed by atoms with Crippen LogP contribution in [0, 0.1) is 0 Å². The van der Waals surface area contributed by atoms with Crippen LogP contribution in [0.2, 0.25) is 10.2 Å². The molecule has 0 atom stereocenters. The van der Waals surface area contributed by atoms with Crippen molar-refractivity contribution >= 4 is 41.5 Å². The normalized spacial score (nSPS) is 17.2. The minimum Gasteiger partial charge on any atom is -0.473 e. The molecule has 10 heteroatoms. The van der Waals surface area contributed by atoms with Gasteiger partial charge in [-0.15, -0.1) is 12.4 Å². The first kappa shape index (κ1) is 25.6. The zero-order valence-corrected chi connectivity index (χ0v) is 19.8. The number of piperidine rings is 2. The van der Waals surface area contributed by atoms with E-state index in [1.165, 1.54) is 6.20 Å². The highest BCUT2D eigenvalue weighted by Crippen LogP contribution is 2.32. The summed E-state index contributed by atoms with van der Waals surface area (Å²) in [6, 6.07) is 3.33. The predicted molar refractivity (Wildman–Crippen MR) is 124 cm³/mol. The van der Waals surface area contributed by atoms with E-state index in [1.54, 1.807) is 31.5 Å². The molecule has 2 aromatic rings. The highest BCUT2D eigenvalue weighted by molar-refractivity contribution is 6.31. The number of amides is 1. The third-order valence-corrected chi connectivity index (χ3v) is 5.72. The fourth-order valence-corrected chi connectivity index (χ4v) is 3.83. The molecule has 170 valence electrons. The summed E-state index contributed by atoms with van der Waals surface area (Å²) < 4.78 is 6.12. The van der Waals surface area contributed by atoms with E-state index < -0.39 is 0 Å². The van der Waals surface area contributed by atoms with E-state index in [-0.39, 0.29) is 24.4 Å². The van der Waals surface area contributed by atoms with Gasteiger partial charge >= 0.3 is 0 Å². The van der Waals surface area contributed by atoms with Crippen molar-refractivity contribution in [3.8, 4) is 5.88 Å². The number of aromatic nitrogens is 3. The number of hydrogen-bond donors (Lipinski definition) is 1. The fourth-order valence-electron chi connectivity index (χ4n) is 3.60. The van der Waals surface area contributed by atoms with Gasteiger partial charge in [0, 0.05) is 44.5 Å². The molecule has 4 rings (SSSR count). The first-order chi connectivity index (χ1) is 14.5. The molecule has 7 nitrogen and oxygen atoms in total. The van der Waals surface area contributed by atoms with Crippen LogP contribution >= 0.6 is 35.6 Å². The summed E-state index contributed by atoms with van der Waals surface area (Å²) >= 11 is 10.9. The lowest BCUT2D eigenvalue weighted by Gasteiger charge is -2.32. The van der Waals surface area contributed by atoms with Gasteiger partial charge in [0.25, 0.3) is 0 Å². The zero-order chi connectivity index (χ0) is 21.3. The largest absolute Gasteiger partial charge is 0.473 e. The number of nitrogens with zero attached hydrogens (tertiary/aromatic N) is 4. The van der Waals surface area contributed by atoms with Crippen LogP contribution in [-0.2, 0) is 4.79 Å². The average molecular weight is 489 g/mol. The molecule has 31 heavy (non-hydrogen) atoms. The van der Waals surface area contributed by atoms with E-state index in [1.807, 2.05) is 4.90 Å². The van der Waals surface area contributed by atoms with Crippen molar-refractivity contribution in [3.63, 3.8) is 0 Å². The topological polar surface area (TPSA) is 80.2 Å². The van der Waals surface area contributed by atoms with Gasteiger partial charge in [0.2, 0.25) is 11.8 Å². The molecule has 0 aliphatic carbocycles. The molecule has 4 heterocycles. The Balaban J connectivity index is 0.000000322. The second-order valence-corrected chi connectivity index (χ2v) is 8.22. The Kier molecular flexibility index (Phi) is 10.7. The maximum Gasteiger partial charge on any atom is 0.236 e. The summed E-state index contributed by atoms with van der Waals surface area (Å²) in [5, 5.41) is 4.41. The SMILES string of the molecule is CC(=O)N1CCC(c2nccnc2OC2CCNCC2)CC1.Cl.Clc1ccc(Cl)nc1. The van der Waals surface area contributed by atoms with Crippen molar-refractivity contribution in [3.05, 3.63) is 46.6 Å². The molecular formula is C21H28Cl3N5O2. The minimum atomic E-state index is 0. The highest BCUT2D eigenvalue weighted by atomic mass is 35.5. The molecule has 2 saturated heterocycles. The van der Waals surface area contributed by atoms with Gasteiger partial charge < -0.3 is 15.0 Å². The molecule has 2 aliphatic rings. The third kappa shape index (κ3) is 8.07. The first-order valence-electron chi connectivity index (χ1n) is 10.2. The van der Waals surface area contributed by atoms with Crippen molar-refractivity contribution in [2.24, 2.45) is 0 Å². The number of rotatable bonds is 3. The predicted octanol–water partition coefficient (Wildman–Crippen LogP) is 4.14. The number of likely N-dealkylation sites (tertiary alicyclic amines) is 1. The molecule has 2 aromatic heterocycles. The summed E-state index contributed by atoms with van der Waals surface area (Å²) in [4.78, 5) is 26.0. The average Bonchev–Trinajstić information content (AvgIpc) is 2.77. The number of ether oxygens (including phenoxy) is 1. The molecule has 0 bridgehead atoms. The molecule has 0 saturated carbocycles. The summed E-state index contributed by atoms with van der Waals surface area (Å²) in [7, 11) is 0. The summed E-state index contributed by atoms with van der Waals surface area (Å²) in [5.41, 5.74) is 0.962. The number of carbonyl (C=O) groups excluding carboxylic acids is 1. The van der Waals surface area contributed by atoms with Crippen molar-refractivity contribution in [2.45, 2.75) is 44.6 Å². The van der Waals surface area contributed by atoms with Crippen molar-refractivity contribution < 1.29 is 9.53 Å².